The molecule has 2 rings (SSSR count). The van der Waals surface area contributed by atoms with E-state index in [1.807, 2.05) is 26.0 Å². The Morgan fingerprint density at radius 2 is 2.21 bits per heavy atom. The molecule has 0 saturated carbocycles. The molecule has 100 valence electrons. The summed E-state index contributed by atoms with van der Waals surface area (Å²) < 4.78 is 1.18. The Kier molecular flexibility index (Phi) is 3.86. The Morgan fingerprint density at radius 3 is 2.84 bits per heavy atom. The molecular formula is C13H15N3O2S. The van der Waals surface area contributed by atoms with Crippen LogP contribution in [0.15, 0.2) is 15.7 Å². The minimum atomic E-state index is -0.396. The summed E-state index contributed by atoms with van der Waals surface area (Å²) in [6.45, 7) is 4.38. The first kappa shape index (κ1) is 13.6. The topological polar surface area (TPSA) is 78.7 Å². The van der Waals surface area contributed by atoms with E-state index in [0.29, 0.717) is 29.0 Å². The van der Waals surface area contributed by atoms with Crippen LogP contribution in [0.25, 0.3) is 10.2 Å². The fourth-order valence-corrected chi connectivity index (χ4v) is 2.91. The lowest BCUT2D eigenvalue weighted by Crippen LogP contribution is -2.34. The van der Waals surface area contributed by atoms with Crippen molar-refractivity contribution in [3.8, 4) is 6.07 Å². The molecule has 0 unspecified atom stereocenters. The smallest absolute Gasteiger partial charge is 0.298 e. The fourth-order valence-electron chi connectivity index (χ4n) is 1.87. The zero-order chi connectivity index (χ0) is 14.0. The molecule has 19 heavy (non-hydrogen) atoms. The summed E-state index contributed by atoms with van der Waals surface area (Å²) in [6, 6.07) is 3.86. The van der Waals surface area contributed by atoms with Gasteiger partial charge in [-0.1, -0.05) is 13.8 Å². The number of thiophene rings is 1. The molecule has 0 bridgehead atoms. The Balaban J connectivity index is 2.52. The molecule has 0 aliphatic rings. The maximum atomic E-state index is 12.2. The molecule has 0 atom stereocenters. The Bertz CT molecular complexity index is 746. The monoisotopic (exact) mass is 277 g/mol. The van der Waals surface area contributed by atoms with E-state index in [4.69, 9.17) is 5.26 Å². The third-order valence-corrected chi connectivity index (χ3v) is 4.28. The minimum Gasteiger partial charge on any atom is -0.298 e. The van der Waals surface area contributed by atoms with Crippen LogP contribution < -0.4 is 11.2 Å². The molecule has 0 aromatic carbocycles. The van der Waals surface area contributed by atoms with Crippen molar-refractivity contribution in [1.29, 1.82) is 5.26 Å². The van der Waals surface area contributed by atoms with Crippen molar-refractivity contribution in [2.24, 2.45) is 0 Å². The maximum absolute atomic E-state index is 12.2. The molecule has 0 saturated heterocycles. The van der Waals surface area contributed by atoms with Crippen LogP contribution >= 0.6 is 11.3 Å². The second kappa shape index (κ2) is 5.41. The molecule has 0 radical (unpaired) electrons. The Labute approximate surface area is 114 Å². The van der Waals surface area contributed by atoms with Crippen LogP contribution in [-0.2, 0) is 6.54 Å². The number of nitrogens with one attached hydrogen (secondary N) is 1. The van der Waals surface area contributed by atoms with Crippen LogP contribution in [0.5, 0.6) is 0 Å². The number of nitrogens with zero attached hydrogens (tertiary/aromatic N) is 2. The summed E-state index contributed by atoms with van der Waals surface area (Å²) in [6.07, 6.45) is 0.844. The minimum absolute atomic E-state index is 0.264. The van der Waals surface area contributed by atoms with Gasteiger partial charge in [-0.2, -0.15) is 5.26 Å². The maximum Gasteiger partial charge on any atom is 0.329 e. The van der Waals surface area contributed by atoms with Crippen molar-refractivity contribution in [2.75, 3.05) is 0 Å². The van der Waals surface area contributed by atoms with Gasteiger partial charge in [-0.05, 0) is 18.4 Å². The van der Waals surface area contributed by atoms with Gasteiger partial charge in [-0.15, -0.1) is 11.3 Å². The molecule has 6 heteroatoms. The van der Waals surface area contributed by atoms with E-state index in [9.17, 15) is 9.59 Å². The summed E-state index contributed by atoms with van der Waals surface area (Å²) >= 11 is 1.45. The van der Waals surface area contributed by atoms with Crippen molar-refractivity contribution in [3.63, 3.8) is 0 Å². The van der Waals surface area contributed by atoms with E-state index < -0.39 is 5.69 Å². The molecule has 0 fully saturated rings. The van der Waals surface area contributed by atoms with Crippen molar-refractivity contribution < 1.29 is 0 Å². The van der Waals surface area contributed by atoms with Gasteiger partial charge in [-0.3, -0.25) is 14.3 Å². The van der Waals surface area contributed by atoms with Crippen LogP contribution in [0, 0.1) is 11.3 Å². The summed E-state index contributed by atoms with van der Waals surface area (Å²) in [7, 11) is 0. The van der Waals surface area contributed by atoms with Gasteiger partial charge in [0.1, 0.15) is 4.83 Å². The number of aromatic amines is 1. The third-order valence-electron chi connectivity index (χ3n) is 2.93. The second-order valence-corrected chi connectivity index (χ2v) is 5.78. The third kappa shape index (κ3) is 2.61. The van der Waals surface area contributed by atoms with Crippen molar-refractivity contribution >= 4 is 21.6 Å². The second-order valence-electron chi connectivity index (χ2n) is 4.69. The van der Waals surface area contributed by atoms with Gasteiger partial charge in [0.25, 0.3) is 5.56 Å². The number of rotatable bonds is 4. The fraction of sp³-hybridized carbons (Fsp3) is 0.462. The largest absolute Gasteiger partial charge is 0.329 e. The molecule has 2 aromatic heterocycles. The normalized spacial score (nSPS) is 11.1. The van der Waals surface area contributed by atoms with Crippen LogP contribution in [0.1, 0.15) is 37.5 Å². The predicted octanol–water partition coefficient (Wildman–Crippen LogP) is 2.18. The van der Waals surface area contributed by atoms with E-state index in [-0.39, 0.29) is 12.1 Å². The molecule has 0 aliphatic carbocycles. The first-order chi connectivity index (χ1) is 9.04. The average Bonchev–Trinajstić information content (AvgIpc) is 2.77. The van der Waals surface area contributed by atoms with Crippen LogP contribution in [-0.4, -0.2) is 9.55 Å². The summed E-state index contributed by atoms with van der Waals surface area (Å²) in [5.74, 6) is 0.326. The highest BCUT2D eigenvalue weighted by Crippen LogP contribution is 2.26. The van der Waals surface area contributed by atoms with Crippen LogP contribution in [0.3, 0.4) is 0 Å². The van der Waals surface area contributed by atoms with Crippen molar-refractivity contribution in [2.45, 2.75) is 39.2 Å². The lowest BCUT2D eigenvalue weighted by Gasteiger charge is -2.01. The predicted molar refractivity (Wildman–Crippen MR) is 75.6 cm³/mol. The van der Waals surface area contributed by atoms with Gasteiger partial charge in [0.2, 0.25) is 0 Å². The molecule has 2 aromatic rings. The number of hydrogen-bond acceptors (Lipinski definition) is 4. The first-order valence-electron chi connectivity index (χ1n) is 6.18. The van der Waals surface area contributed by atoms with Crippen molar-refractivity contribution in [3.05, 3.63) is 31.8 Å². The van der Waals surface area contributed by atoms with E-state index >= 15 is 0 Å². The van der Waals surface area contributed by atoms with E-state index in [0.717, 1.165) is 4.88 Å². The quantitative estimate of drug-likeness (QED) is 0.870. The van der Waals surface area contributed by atoms with Gasteiger partial charge in [0.15, 0.2) is 0 Å². The number of aromatic nitrogens is 2. The molecular weight excluding hydrogens is 262 g/mol. The number of unbranched alkanes of at least 4 members (excludes halogenated alkanes) is 1. The highest BCUT2D eigenvalue weighted by Gasteiger charge is 2.12. The van der Waals surface area contributed by atoms with Crippen LogP contribution in [0.2, 0.25) is 0 Å². The van der Waals surface area contributed by atoms with Crippen LogP contribution in [0.4, 0.5) is 0 Å². The number of nitriles is 1. The SMILES string of the molecule is CC(C)c1cc2c(=O)n(CCCC#N)c(=O)[nH]c2s1. The summed E-state index contributed by atoms with van der Waals surface area (Å²) in [4.78, 5) is 28.6. The lowest BCUT2D eigenvalue weighted by atomic mass is 10.2. The van der Waals surface area contributed by atoms with E-state index in [1.165, 1.54) is 15.9 Å². The summed E-state index contributed by atoms with van der Waals surface area (Å²) in [5, 5.41) is 9.06. The molecule has 0 amide bonds. The van der Waals surface area contributed by atoms with Crippen molar-refractivity contribution in [1.82, 2.24) is 9.55 Å². The molecule has 0 aliphatic heterocycles. The van der Waals surface area contributed by atoms with Gasteiger partial charge >= 0.3 is 5.69 Å². The molecule has 5 nitrogen and oxygen atoms in total. The zero-order valence-electron chi connectivity index (χ0n) is 10.9. The van der Waals surface area contributed by atoms with E-state index in [1.54, 1.807) is 0 Å². The summed E-state index contributed by atoms with van der Waals surface area (Å²) in [5.41, 5.74) is -0.660. The lowest BCUT2D eigenvalue weighted by molar-refractivity contribution is 0.605. The van der Waals surface area contributed by atoms with Gasteiger partial charge in [0.05, 0.1) is 11.5 Å². The molecule has 2 heterocycles. The zero-order valence-corrected chi connectivity index (χ0v) is 11.7. The number of hydrogen-bond donors (Lipinski definition) is 1. The number of H-pyrrole nitrogens is 1. The standard InChI is InChI=1S/C13H15N3O2S/c1-8(2)10-7-9-11(19-10)15-13(18)16(12(9)17)6-4-3-5-14/h7-8H,3-4,6H2,1-2H3,(H,15,18). The first-order valence-corrected chi connectivity index (χ1v) is 6.99. The molecule has 1 N–H and O–H groups in total. The number of fused-ring (bicyclic) bond motifs is 1. The van der Waals surface area contributed by atoms with Gasteiger partial charge in [0, 0.05) is 17.8 Å². The Morgan fingerprint density at radius 1 is 1.47 bits per heavy atom. The van der Waals surface area contributed by atoms with E-state index in [2.05, 4.69) is 4.98 Å². The average molecular weight is 277 g/mol. The highest BCUT2D eigenvalue weighted by atomic mass is 32.1. The van der Waals surface area contributed by atoms with Gasteiger partial charge < -0.3 is 0 Å². The molecule has 0 spiro atoms. The highest BCUT2D eigenvalue weighted by molar-refractivity contribution is 7.18. The van der Waals surface area contributed by atoms with Gasteiger partial charge in [-0.25, -0.2) is 4.79 Å². The Hall–Kier alpha value is -1.87.